The first-order chi connectivity index (χ1) is 9.24. The minimum Gasteiger partial charge on any atom is -0.289 e. The van der Waals surface area contributed by atoms with Crippen molar-refractivity contribution in [1.82, 2.24) is 9.97 Å². The van der Waals surface area contributed by atoms with Gasteiger partial charge in [-0.05, 0) is 43.3 Å². The first-order valence-electron chi connectivity index (χ1n) is 6.06. The van der Waals surface area contributed by atoms with Crippen molar-refractivity contribution in [3.05, 3.63) is 71.7 Å². The third-order valence-corrected chi connectivity index (χ3v) is 3.01. The summed E-state index contributed by atoms with van der Waals surface area (Å²) in [5.74, 6) is -0.0180. The minimum absolute atomic E-state index is 0.0180. The van der Waals surface area contributed by atoms with Crippen molar-refractivity contribution in [3.63, 3.8) is 0 Å². The molecule has 3 heteroatoms. The van der Waals surface area contributed by atoms with Crippen LogP contribution in [0.3, 0.4) is 0 Å². The number of nitrogens with zero attached hydrogens (tertiary/aromatic N) is 2. The number of carbonyl (C=O) groups is 1. The number of carbonyl (C=O) groups excluding carboxylic acids is 1. The summed E-state index contributed by atoms with van der Waals surface area (Å²) >= 11 is 0. The quantitative estimate of drug-likeness (QED) is 0.654. The maximum absolute atomic E-state index is 12.3. The molecule has 0 aliphatic rings. The molecule has 0 aliphatic heterocycles. The van der Waals surface area contributed by atoms with Crippen LogP contribution in [-0.4, -0.2) is 15.8 Å². The molecule has 0 spiro atoms. The maximum Gasteiger partial charge on any atom is 0.194 e. The highest BCUT2D eigenvalue weighted by Gasteiger charge is 2.09. The molecule has 1 aromatic carbocycles. The fraction of sp³-hybridized carbons (Fsp3) is 0.0625. The normalized spacial score (nSPS) is 10.6. The lowest BCUT2D eigenvalue weighted by Crippen LogP contribution is -2.01. The summed E-state index contributed by atoms with van der Waals surface area (Å²) in [5.41, 5.74) is 3.13. The van der Waals surface area contributed by atoms with E-state index in [1.165, 1.54) is 0 Å². The molecular weight excluding hydrogens is 236 g/mol. The van der Waals surface area contributed by atoms with Crippen molar-refractivity contribution in [2.75, 3.05) is 0 Å². The average Bonchev–Trinajstić information content (AvgIpc) is 2.47. The van der Waals surface area contributed by atoms with E-state index >= 15 is 0 Å². The zero-order chi connectivity index (χ0) is 13.2. The lowest BCUT2D eigenvalue weighted by atomic mass is 10.0. The second-order valence-corrected chi connectivity index (χ2v) is 4.43. The van der Waals surface area contributed by atoms with Gasteiger partial charge in [-0.3, -0.25) is 14.8 Å². The van der Waals surface area contributed by atoms with Crippen molar-refractivity contribution in [3.8, 4) is 0 Å². The third-order valence-electron chi connectivity index (χ3n) is 3.01. The van der Waals surface area contributed by atoms with E-state index in [2.05, 4.69) is 9.97 Å². The molecule has 0 atom stereocenters. The lowest BCUT2D eigenvalue weighted by molar-refractivity contribution is 0.103. The molecular formula is C16H12N2O. The van der Waals surface area contributed by atoms with Crippen LogP contribution in [0.5, 0.6) is 0 Å². The van der Waals surface area contributed by atoms with Gasteiger partial charge in [-0.25, -0.2) is 0 Å². The van der Waals surface area contributed by atoms with Crippen LogP contribution < -0.4 is 0 Å². The highest BCUT2D eigenvalue weighted by atomic mass is 16.1. The van der Waals surface area contributed by atoms with Gasteiger partial charge in [-0.2, -0.15) is 0 Å². The van der Waals surface area contributed by atoms with Crippen LogP contribution in [0.25, 0.3) is 10.9 Å². The van der Waals surface area contributed by atoms with Crippen molar-refractivity contribution in [1.29, 1.82) is 0 Å². The van der Waals surface area contributed by atoms with Gasteiger partial charge in [0.05, 0.1) is 5.52 Å². The predicted molar refractivity (Wildman–Crippen MR) is 74.1 cm³/mol. The number of hydrogen-bond donors (Lipinski definition) is 0. The van der Waals surface area contributed by atoms with Gasteiger partial charge < -0.3 is 0 Å². The molecule has 3 rings (SSSR count). The Bertz CT molecular complexity index is 751. The van der Waals surface area contributed by atoms with Gasteiger partial charge >= 0.3 is 0 Å². The molecule has 3 nitrogen and oxygen atoms in total. The molecule has 0 amide bonds. The van der Waals surface area contributed by atoms with Crippen LogP contribution in [0.2, 0.25) is 0 Å². The van der Waals surface area contributed by atoms with Crippen molar-refractivity contribution in [2.24, 2.45) is 0 Å². The van der Waals surface area contributed by atoms with Crippen LogP contribution in [0.15, 0.2) is 54.9 Å². The first kappa shape index (κ1) is 11.5. The van der Waals surface area contributed by atoms with Crippen LogP contribution in [0.4, 0.5) is 0 Å². The second kappa shape index (κ2) is 4.61. The van der Waals surface area contributed by atoms with E-state index in [1.807, 2.05) is 37.3 Å². The van der Waals surface area contributed by atoms with E-state index in [4.69, 9.17) is 0 Å². The van der Waals surface area contributed by atoms with Crippen LogP contribution in [0.1, 0.15) is 21.6 Å². The van der Waals surface area contributed by atoms with Gasteiger partial charge in [-0.15, -0.1) is 0 Å². The Morgan fingerprint density at radius 2 is 1.95 bits per heavy atom. The fourth-order valence-corrected chi connectivity index (χ4v) is 2.03. The zero-order valence-corrected chi connectivity index (χ0v) is 10.5. The number of rotatable bonds is 2. The van der Waals surface area contributed by atoms with Crippen molar-refractivity contribution in [2.45, 2.75) is 6.92 Å². The number of ketones is 1. The molecule has 0 radical (unpaired) electrons. The van der Waals surface area contributed by atoms with Crippen LogP contribution in [0, 0.1) is 6.92 Å². The molecule has 2 aromatic heterocycles. The molecule has 3 aromatic rings. The standard InChI is InChI=1S/C16H12N2O/c1-11-4-5-12-9-13(6-7-15(12)18-11)16(19)14-3-2-8-17-10-14/h2-10H,1H3. The number of aryl methyl sites for hydroxylation is 1. The Morgan fingerprint density at radius 1 is 1.05 bits per heavy atom. The summed E-state index contributed by atoms with van der Waals surface area (Å²) in [5, 5.41) is 0.973. The van der Waals surface area contributed by atoms with E-state index in [0.29, 0.717) is 11.1 Å². The molecule has 0 bridgehead atoms. The van der Waals surface area contributed by atoms with Gasteiger partial charge in [0, 0.05) is 34.6 Å². The average molecular weight is 248 g/mol. The number of fused-ring (bicyclic) bond motifs is 1. The molecule has 2 heterocycles. The number of pyridine rings is 2. The Kier molecular flexibility index (Phi) is 2.80. The molecule has 0 aliphatic carbocycles. The van der Waals surface area contributed by atoms with E-state index < -0.39 is 0 Å². The van der Waals surface area contributed by atoms with Gasteiger partial charge in [0.25, 0.3) is 0 Å². The summed E-state index contributed by atoms with van der Waals surface area (Å²) in [6.45, 7) is 1.95. The van der Waals surface area contributed by atoms with E-state index in [-0.39, 0.29) is 5.78 Å². The molecule has 0 saturated heterocycles. The topological polar surface area (TPSA) is 42.9 Å². The van der Waals surface area contributed by atoms with Crippen LogP contribution >= 0.6 is 0 Å². The van der Waals surface area contributed by atoms with Crippen LogP contribution in [-0.2, 0) is 0 Å². The van der Waals surface area contributed by atoms with Crippen molar-refractivity contribution >= 4 is 16.7 Å². The predicted octanol–water partition coefficient (Wildman–Crippen LogP) is 3.17. The third kappa shape index (κ3) is 2.22. The van der Waals surface area contributed by atoms with E-state index in [9.17, 15) is 4.79 Å². The van der Waals surface area contributed by atoms with Gasteiger partial charge in [0.1, 0.15) is 0 Å². The summed E-state index contributed by atoms with van der Waals surface area (Å²) in [7, 11) is 0. The first-order valence-corrected chi connectivity index (χ1v) is 6.06. The summed E-state index contributed by atoms with van der Waals surface area (Å²) in [6, 6.07) is 13.0. The number of hydrogen-bond acceptors (Lipinski definition) is 3. The minimum atomic E-state index is -0.0180. The molecule has 19 heavy (non-hydrogen) atoms. The highest BCUT2D eigenvalue weighted by molar-refractivity contribution is 6.10. The number of aromatic nitrogens is 2. The summed E-state index contributed by atoms with van der Waals surface area (Å²) in [6.07, 6.45) is 3.24. The summed E-state index contributed by atoms with van der Waals surface area (Å²) in [4.78, 5) is 20.7. The van der Waals surface area contributed by atoms with E-state index in [1.54, 1.807) is 24.5 Å². The Hall–Kier alpha value is -2.55. The van der Waals surface area contributed by atoms with Crippen molar-refractivity contribution < 1.29 is 4.79 Å². The Labute approximate surface area is 111 Å². The fourth-order valence-electron chi connectivity index (χ4n) is 2.03. The zero-order valence-electron chi connectivity index (χ0n) is 10.5. The molecule has 92 valence electrons. The molecule has 0 fully saturated rings. The van der Waals surface area contributed by atoms with E-state index in [0.717, 1.165) is 16.6 Å². The number of benzene rings is 1. The highest BCUT2D eigenvalue weighted by Crippen LogP contribution is 2.17. The van der Waals surface area contributed by atoms with Gasteiger partial charge in [0.2, 0.25) is 0 Å². The van der Waals surface area contributed by atoms with Gasteiger partial charge in [0.15, 0.2) is 5.78 Å². The summed E-state index contributed by atoms with van der Waals surface area (Å²) < 4.78 is 0. The van der Waals surface area contributed by atoms with Gasteiger partial charge in [-0.1, -0.05) is 6.07 Å². The molecule has 0 unspecified atom stereocenters. The SMILES string of the molecule is Cc1ccc2cc(C(=O)c3cccnc3)ccc2n1. The lowest BCUT2D eigenvalue weighted by Gasteiger charge is -2.03. The smallest absolute Gasteiger partial charge is 0.194 e. The largest absolute Gasteiger partial charge is 0.289 e. The molecule has 0 saturated carbocycles. The monoisotopic (exact) mass is 248 g/mol. The Morgan fingerprint density at radius 3 is 2.74 bits per heavy atom. The maximum atomic E-state index is 12.3. The molecule has 0 N–H and O–H groups in total. The Balaban J connectivity index is 2.07. The second-order valence-electron chi connectivity index (χ2n) is 4.43.